The SMILES string of the molecule is Cc1ccc([N+](=O)[O-])cc1NC(=O)c1ccc(-n2ccnc2)cc1. The number of hydrogen-bond acceptors (Lipinski definition) is 4. The molecule has 1 aromatic heterocycles. The van der Waals surface area contributed by atoms with Crippen LogP contribution in [0.4, 0.5) is 11.4 Å². The van der Waals surface area contributed by atoms with E-state index in [4.69, 9.17) is 0 Å². The lowest BCUT2D eigenvalue weighted by Crippen LogP contribution is -2.13. The fourth-order valence-electron chi connectivity index (χ4n) is 2.25. The molecule has 3 rings (SSSR count). The van der Waals surface area contributed by atoms with E-state index >= 15 is 0 Å². The van der Waals surface area contributed by atoms with Gasteiger partial charge in [-0.1, -0.05) is 6.07 Å². The molecule has 0 unspecified atom stereocenters. The van der Waals surface area contributed by atoms with E-state index in [1.807, 2.05) is 10.8 Å². The molecule has 0 aliphatic rings. The first-order chi connectivity index (χ1) is 11.5. The zero-order valence-corrected chi connectivity index (χ0v) is 12.8. The molecule has 24 heavy (non-hydrogen) atoms. The lowest BCUT2D eigenvalue weighted by Gasteiger charge is -2.09. The third-order valence-corrected chi connectivity index (χ3v) is 3.61. The summed E-state index contributed by atoms with van der Waals surface area (Å²) >= 11 is 0. The quantitative estimate of drug-likeness (QED) is 0.589. The Balaban J connectivity index is 1.80. The minimum atomic E-state index is -0.491. The summed E-state index contributed by atoms with van der Waals surface area (Å²) in [6.45, 7) is 1.78. The van der Waals surface area contributed by atoms with Crippen molar-refractivity contribution >= 4 is 17.3 Å². The van der Waals surface area contributed by atoms with E-state index in [1.54, 1.807) is 49.8 Å². The van der Waals surface area contributed by atoms with Gasteiger partial charge in [0.15, 0.2) is 0 Å². The number of nitrogens with zero attached hydrogens (tertiary/aromatic N) is 3. The number of aryl methyl sites for hydroxylation is 1. The normalized spacial score (nSPS) is 10.4. The van der Waals surface area contributed by atoms with Gasteiger partial charge in [-0.3, -0.25) is 14.9 Å². The van der Waals surface area contributed by atoms with Crippen LogP contribution in [0.2, 0.25) is 0 Å². The van der Waals surface area contributed by atoms with Crippen molar-refractivity contribution in [2.24, 2.45) is 0 Å². The average molecular weight is 322 g/mol. The van der Waals surface area contributed by atoms with Gasteiger partial charge in [0, 0.05) is 35.8 Å². The first-order valence-electron chi connectivity index (χ1n) is 7.19. The predicted molar refractivity (Wildman–Crippen MR) is 89.4 cm³/mol. The van der Waals surface area contributed by atoms with Crippen LogP contribution in [0.3, 0.4) is 0 Å². The molecule has 0 spiro atoms. The summed E-state index contributed by atoms with van der Waals surface area (Å²) in [4.78, 5) is 26.7. The number of nitrogens with one attached hydrogen (secondary N) is 1. The molecule has 0 atom stereocenters. The number of benzene rings is 2. The van der Waals surface area contributed by atoms with Gasteiger partial charge < -0.3 is 9.88 Å². The number of anilines is 1. The topological polar surface area (TPSA) is 90.1 Å². The number of carbonyl (C=O) groups is 1. The second-order valence-electron chi connectivity index (χ2n) is 5.23. The molecule has 1 N–H and O–H groups in total. The van der Waals surface area contributed by atoms with E-state index in [-0.39, 0.29) is 11.6 Å². The van der Waals surface area contributed by atoms with Gasteiger partial charge in [-0.25, -0.2) is 4.98 Å². The molecule has 0 fully saturated rings. The lowest BCUT2D eigenvalue weighted by molar-refractivity contribution is -0.384. The standard InChI is InChI=1S/C17H14N4O3/c1-12-2-5-15(21(23)24)10-16(12)19-17(22)13-3-6-14(7-4-13)20-9-8-18-11-20/h2-11H,1H3,(H,19,22). The smallest absolute Gasteiger partial charge is 0.271 e. The number of imidazole rings is 1. The molecule has 0 aliphatic heterocycles. The van der Waals surface area contributed by atoms with Crippen LogP contribution in [0.1, 0.15) is 15.9 Å². The highest BCUT2D eigenvalue weighted by atomic mass is 16.6. The summed E-state index contributed by atoms with van der Waals surface area (Å²) in [5, 5.41) is 13.6. The molecule has 1 amide bonds. The molecule has 0 aliphatic carbocycles. The third kappa shape index (κ3) is 3.14. The number of nitro groups is 1. The second kappa shape index (κ2) is 6.33. The Hall–Kier alpha value is -3.48. The first kappa shape index (κ1) is 15.4. The van der Waals surface area contributed by atoms with Crippen LogP contribution < -0.4 is 5.32 Å². The largest absolute Gasteiger partial charge is 0.321 e. The Morgan fingerprint density at radius 3 is 2.58 bits per heavy atom. The summed E-state index contributed by atoms with van der Waals surface area (Å²) in [6.07, 6.45) is 5.15. The predicted octanol–water partition coefficient (Wildman–Crippen LogP) is 3.34. The highest BCUT2D eigenvalue weighted by molar-refractivity contribution is 6.04. The number of nitro benzene ring substituents is 1. The van der Waals surface area contributed by atoms with E-state index in [0.717, 1.165) is 11.3 Å². The molecule has 0 radical (unpaired) electrons. The molecule has 7 heteroatoms. The maximum Gasteiger partial charge on any atom is 0.271 e. The zero-order valence-electron chi connectivity index (χ0n) is 12.8. The first-order valence-corrected chi connectivity index (χ1v) is 7.19. The van der Waals surface area contributed by atoms with Crippen LogP contribution >= 0.6 is 0 Å². The number of amides is 1. The number of rotatable bonds is 4. The van der Waals surface area contributed by atoms with Gasteiger partial charge in [0.25, 0.3) is 11.6 Å². The van der Waals surface area contributed by atoms with E-state index in [0.29, 0.717) is 11.3 Å². The van der Waals surface area contributed by atoms with Crippen molar-refractivity contribution in [3.05, 3.63) is 82.4 Å². The fourth-order valence-corrected chi connectivity index (χ4v) is 2.25. The molecule has 3 aromatic rings. The van der Waals surface area contributed by atoms with E-state index in [9.17, 15) is 14.9 Å². The summed E-state index contributed by atoms with van der Waals surface area (Å²) in [5.41, 5.74) is 2.46. The monoisotopic (exact) mass is 322 g/mol. The lowest BCUT2D eigenvalue weighted by atomic mass is 10.1. The minimum Gasteiger partial charge on any atom is -0.321 e. The van der Waals surface area contributed by atoms with Crippen molar-refractivity contribution in [3.63, 3.8) is 0 Å². The Kier molecular flexibility index (Phi) is 4.07. The molecular formula is C17H14N4O3. The second-order valence-corrected chi connectivity index (χ2v) is 5.23. The Bertz CT molecular complexity index is 887. The Morgan fingerprint density at radius 1 is 1.21 bits per heavy atom. The number of non-ortho nitro benzene ring substituents is 1. The average Bonchev–Trinajstić information content (AvgIpc) is 3.11. The highest BCUT2D eigenvalue weighted by Gasteiger charge is 2.12. The van der Waals surface area contributed by atoms with Crippen molar-refractivity contribution in [1.82, 2.24) is 9.55 Å². The summed E-state index contributed by atoms with van der Waals surface area (Å²) in [5.74, 6) is -0.323. The molecule has 1 heterocycles. The van der Waals surface area contributed by atoms with Crippen molar-refractivity contribution in [2.45, 2.75) is 6.92 Å². The van der Waals surface area contributed by atoms with Crippen molar-refractivity contribution in [1.29, 1.82) is 0 Å². The van der Waals surface area contributed by atoms with E-state index in [2.05, 4.69) is 10.3 Å². The van der Waals surface area contributed by atoms with Crippen molar-refractivity contribution in [2.75, 3.05) is 5.32 Å². The van der Waals surface area contributed by atoms with Crippen LogP contribution in [-0.2, 0) is 0 Å². The van der Waals surface area contributed by atoms with Gasteiger partial charge in [-0.15, -0.1) is 0 Å². The Labute approximate surface area is 137 Å². The maximum atomic E-state index is 12.3. The molecule has 120 valence electrons. The van der Waals surface area contributed by atoms with Crippen molar-refractivity contribution in [3.8, 4) is 5.69 Å². The summed E-state index contributed by atoms with van der Waals surface area (Å²) in [7, 11) is 0. The van der Waals surface area contributed by atoms with Crippen LogP contribution in [0.15, 0.2) is 61.2 Å². The molecule has 0 saturated carbocycles. The van der Waals surface area contributed by atoms with Crippen LogP contribution in [-0.4, -0.2) is 20.4 Å². The van der Waals surface area contributed by atoms with Crippen LogP contribution in [0.5, 0.6) is 0 Å². The van der Waals surface area contributed by atoms with Crippen molar-refractivity contribution < 1.29 is 9.72 Å². The van der Waals surface area contributed by atoms with Gasteiger partial charge >= 0.3 is 0 Å². The Morgan fingerprint density at radius 2 is 1.96 bits per heavy atom. The van der Waals surface area contributed by atoms with Crippen LogP contribution in [0, 0.1) is 17.0 Å². The number of carbonyl (C=O) groups excluding carboxylic acids is 1. The summed E-state index contributed by atoms with van der Waals surface area (Å²) in [6, 6.07) is 11.4. The van der Waals surface area contributed by atoms with Gasteiger partial charge in [-0.2, -0.15) is 0 Å². The fraction of sp³-hybridized carbons (Fsp3) is 0.0588. The van der Waals surface area contributed by atoms with Crippen LogP contribution in [0.25, 0.3) is 5.69 Å². The third-order valence-electron chi connectivity index (χ3n) is 3.61. The van der Waals surface area contributed by atoms with Gasteiger partial charge in [0.05, 0.1) is 16.9 Å². The zero-order chi connectivity index (χ0) is 17.1. The maximum absolute atomic E-state index is 12.3. The number of hydrogen-bond donors (Lipinski definition) is 1. The number of aromatic nitrogens is 2. The molecule has 7 nitrogen and oxygen atoms in total. The molecule has 0 saturated heterocycles. The van der Waals surface area contributed by atoms with E-state index < -0.39 is 4.92 Å². The van der Waals surface area contributed by atoms with Gasteiger partial charge in [-0.05, 0) is 36.8 Å². The molecule has 2 aromatic carbocycles. The molecular weight excluding hydrogens is 308 g/mol. The molecule has 0 bridgehead atoms. The van der Waals surface area contributed by atoms with Gasteiger partial charge in [0.1, 0.15) is 0 Å². The summed E-state index contributed by atoms with van der Waals surface area (Å²) < 4.78 is 1.83. The van der Waals surface area contributed by atoms with E-state index in [1.165, 1.54) is 12.1 Å². The minimum absolute atomic E-state index is 0.0636. The van der Waals surface area contributed by atoms with Gasteiger partial charge in [0.2, 0.25) is 0 Å². The highest BCUT2D eigenvalue weighted by Crippen LogP contribution is 2.22.